The van der Waals surface area contributed by atoms with E-state index < -0.39 is 12.1 Å². The summed E-state index contributed by atoms with van der Waals surface area (Å²) in [5.74, 6) is -0.352. The van der Waals surface area contributed by atoms with Crippen LogP contribution in [0.25, 0.3) is 0 Å². The van der Waals surface area contributed by atoms with Crippen molar-refractivity contribution in [1.29, 1.82) is 0 Å². The van der Waals surface area contributed by atoms with Gasteiger partial charge in [0.1, 0.15) is 0 Å². The molecule has 1 aliphatic rings. The molecule has 1 heterocycles. The molecule has 0 spiro atoms. The average Bonchev–Trinajstić information content (AvgIpc) is 2.53. The van der Waals surface area contributed by atoms with E-state index in [9.17, 15) is 14.7 Å². The normalized spacial score (nSPS) is 23.4. The number of carbonyl (C=O) groups excluding carboxylic acids is 2. The number of hydrogen-bond acceptors (Lipinski definition) is 5. The first kappa shape index (κ1) is 17.9. The molecule has 7 nitrogen and oxygen atoms in total. The lowest BCUT2D eigenvalue weighted by molar-refractivity contribution is -0.121. The molecule has 1 fully saturated rings. The van der Waals surface area contributed by atoms with E-state index >= 15 is 0 Å². The minimum atomic E-state index is -0.489. The maximum atomic E-state index is 11.9. The van der Waals surface area contributed by atoms with Crippen LogP contribution in [0.3, 0.4) is 0 Å². The van der Waals surface area contributed by atoms with Gasteiger partial charge in [-0.1, -0.05) is 0 Å². The highest BCUT2D eigenvalue weighted by atomic mass is 16.3. The third-order valence-electron chi connectivity index (χ3n) is 3.17. The molecule has 0 aromatic heterocycles. The summed E-state index contributed by atoms with van der Waals surface area (Å²) in [6.07, 6.45) is 0.241. The number of aliphatic hydroxyl groups excluding tert-OH is 1. The van der Waals surface area contributed by atoms with E-state index in [4.69, 9.17) is 0 Å². The van der Waals surface area contributed by atoms with Crippen LogP contribution in [0.15, 0.2) is 0 Å². The van der Waals surface area contributed by atoms with Crippen LogP contribution in [-0.4, -0.2) is 78.3 Å². The van der Waals surface area contributed by atoms with Gasteiger partial charge in [0.2, 0.25) is 5.91 Å². The van der Waals surface area contributed by atoms with Gasteiger partial charge in [-0.3, -0.25) is 15.0 Å². The van der Waals surface area contributed by atoms with E-state index in [1.165, 1.54) is 0 Å². The number of β-amino-alcohol motifs (C(OH)–C–C–N with tert-alkyl or cyclic N) is 1. The topological polar surface area (TPSA) is 84.9 Å². The van der Waals surface area contributed by atoms with E-state index in [0.717, 1.165) is 6.54 Å². The Morgan fingerprint density at radius 2 is 1.95 bits per heavy atom. The molecule has 2 atom stereocenters. The number of carbonyl (C=O) groups is 2. The monoisotopic (exact) mass is 300 g/mol. The van der Waals surface area contributed by atoms with Crippen molar-refractivity contribution in [2.75, 3.05) is 33.7 Å². The largest absolute Gasteiger partial charge is 0.392 e. The van der Waals surface area contributed by atoms with Gasteiger partial charge in [0.05, 0.1) is 12.6 Å². The molecule has 0 bridgehead atoms. The maximum Gasteiger partial charge on any atom is 0.321 e. The summed E-state index contributed by atoms with van der Waals surface area (Å²) in [6, 6.07) is -0.358. The zero-order chi connectivity index (χ0) is 16.2. The molecule has 3 N–H and O–H groups in total. The Morgan fingerprint density at radius 1 is 1.33 bits per heavy atom. The molecule has 122 valence electrons. The number of nitrogens with one attached hydrogen (secondary N) is 2. The number of urea groups is 1. The van der Waals surface area contributed by atoms with Crippen molar-refractivity contribution < 1.29 is 14.7 Å². The molecule has 0 aromatic carbocycles. The summed E-state index contributed by atoms with van der Waals surface area (Å²) < 4.78 is 0. The van der Waals surface area contributed by atoms with Crippen LogP contribution in [-0.2, 0) is 4.79 Å². The molecular formula is C14H28N4O3. The summed E-state index contributed by atoms with van der Waals surface area (Å²) in [7, 11) is 3.92. The van der Waals surface area contributed by atoms with Gasteiger partial charge < -0.3 is 15.3 Å². The van der Waals surface area contributed by atoms with E-state index in [1.54, 1.807) is 0 Å². The molecule has 0 aliphatic carbocycles. The van der Waals surface area contributed by atoms with Gasteiger partial charge in [0, 0.05) is 24.7 Å². The highest BCUT2D eigenvalue weighted by Crippen LogP contribution is 2.17. The van der Waals surface area contributed by atoms with Crippen LogP contribution in [0.2, 0.25) is 0 Å². The van der Waals surface area contributed by atoms with Crippen LogP contribution in [0.5, 0.6) is 0 Å². The molecule has 1 saturated heterocycles. The second kappa shape index (κ2) is 7.20. The number of likely N-dealkylation sites (N-methyl/N-ethyl adjacent to an activating group) is 1. The van der Waals surface area contributed by atoms with Gasteiger partial charge >= 0.3 is 6.03 Å². The Kier molecular flexibility index (Phi) is 6.12. The first-order valence-electron chi connectivity index (χ1n) is 7.25. The quantitative estimate of drug-likeness (QED) is 0.658. The Balaban J connectivity index is 2.47. The second-order valence-corrected chi connectivity index (χ2v) is 6.99. The number of amides is 3. The van der Waals surface area contributed by atoms with Gasteiger partial charge in [0.25, 0.3) is 0 Å². The Bertz CT molecular complexity index is 379. The van der Waals surface area contributed by atoms with Crippen LogP contribution >= 0.6 is 0 Å². The molecule has 0 saturated carbocycles. The first-order chi connectivity index (χ1) is 9.56. The number of aliphatic hydroxyl groups is 1. The zero-order valence-corrected chi connectivity index (χ0v) is 13.6. The predicted molar refractivity (Wildman–Crippen MR) is 81.0 cm³/mol. The molecule has 0 aromatic rings. The smallest absolute Gasteiger partial charge is 0.321 e. The van der Waals surface area contributed by atoms with E-state index in [1.807, 2.05) is 44.7 Å². The molecule has 7 heteroatoms. The fraction of sp³-hybridized carbons (Fsp3) is 0.857. The van der Waals surface area contributed by atoms with Crippen LogP contribution in [0.4, 0.5) is 4.79 Å². The lowest BCUT2D eigenvalue weighted by Gasteiger charge is -2.26. The molecule has 3 amide bonds. The van der Waals surface area contributed by atoms with Crippen molar-refractivity contribution in [2.24, 2.45) is 0 Å². The summed E-state index contributed by atoms with van der Waals surface area (Å²) in [5.41, 5.74) is -0.387. The van der Waals surface area contributed by atoms with E-state index in [-0.39, 0.29) is 24.0 Å². The first-order valence-corrected chi connectivity index (χ1v) is 7.25. The predicted octanol–water partition coefficient (Wildman–Crippen LogP) is -0.392. The van der Waals surface area contributed by atoms with Gasteiger partial charge in [0.15, 0.2) is 0 Å². The van der Waals surface area contributed by atoms with Crippen molar-refractivity contribution >= 4 is 11.9 Å². The molecule has 0 radical (unpaired) electrons. The van der Waals surface area contributed by atoms with Gasteiger partial charge in [-0.05, 0) is 41.3 Å². The fourth-order valence-corrected chi connectivity index (χ4v) is 2.49. The highest BCUT2D eigenvalue weighted by molar-refractivity contribution is 5.95. The number of likely N-dealkylation sites (tertiary alicyclic amines) is 1. The minimum Gasteiger partial charge on any atom is -0.392 e. The summed E-state index contributed by atoms with van der Waals surface area (Å²) in [5, 5.41) is 14.8. The third kappa shape index (κ3) is 6.88. The minimum absolute atomic E-state index is 0.118. The lowest BCUT2D eigenvalue weighted by Crippen LogP contribution is -2.51. The zero-order valence-electron chi connectivity index (χ0n) is 13.6. The Hall–Kier alpha value is -1.18. The van der Waals surface area contributed by atoms with Crippen molar-refractivity contribution in [1.82, 2.24) is 20.4 Å². The van der Waals surface area contributed by atoms with E-state index in [0.29, 0.717) is 13.0 Å². The van der Waals surface area contributed by atoms with Gasteiger partial charge in [-0.25, -0.2) is 4.79 Å². The van der Waals surface area contributed by atoms with Crippen LogP contribution < -0.4 is 10.6 Å². The highest BCUT2D eigenvalue weighted by Gasteiger charge is 2.32. The molecule has 1 rings (SSSR count). The fourth-order valence-electron chi connectivity index (χ4n) is 2.49. The number of nitrogens with zero attached hydrogens (tertiary/aromatic N) is 2. The molecule has 21 heavy (non-hydrogen) atoms. The van der Waals surface area contributed by atoms with E-state index in [2.05, 4.69) is 10.6 Å². The van der Waals surface area contributed by atoms with Crippen molar-refractivity contribution in [3.63, 3.8) is 0 Å². The van der Waals surface area contributed by atoms with Crippen LogP contribution in [0, 0.1) is 0 Å². The molecular weight excluding hydrogens is 272 g/mol. The second-order valence-electron chi connectivity index (χ2n) is 6.99. The molecule has 1 aliphatic heterocycles. The summed E-state index contributed by atoms with van der Waals surface area (Å²) in [6.45, 7) is 6.90. The third-order valence-corrected chi connectivity index (χ3v) is 3.17. The Labute approximate surface area is 126 Å². The van der Waals surface area contributed by atoms with Gasteiger partial charge in [-0.2, -0.15) is 0 Å². The Morgan fingerprint density at radius 3 is 2.48 bits per heavy atom. The van der Waals surface area contributed by atoms with Crippen molar-refractivity contribution in [3.8, 4) is 0 Å². The van der Waals surface area contributed by atoms with Crippen LogP contribution in [0.1, 0.15) is 27.2 Å². The van der Waals surface area contributed by atoms with Crippen molar-refractivity contribution in [2.45, 2.75) is 44.9 Å². The summed E-state index contributed by atoms with van der Waals surface area (Å²) >= 11 is 0. The molecule has 2 unspecified atom stereocenters. The lowest BCUT2D eigenvalue weighted by atomic mass is 10.1. The SMILES string of the molecule is CN(C)CC1CC(O)CN1CC(=O)NC(=O)NC(C)(C)C. The number of hydrogen-bond donors (Lipinski definition) is 3. The standard InChI is InChI=1S/C14H28N4O3/c1-14(2,3)16-13(21)15-12(20)9-18-8-11(19)6-10(18)7-17(4)5/h10-11,19H,6-9H2,1-5H3,(H2,15,16,20,21). The average molecular weight is 300 g/mol. The summed E-state index contributed by atoms with van der Waals surface area (Å²) in [4.78, 5) is 27.5. The maximum absolute atomic E-state index is 11.9. The number of rotatable bonds is 4. The van der Waals surface area contributed by atoms with Crippen molar-refractivity contribution in [3.05, 3.63) is 0 Å². The van der Waals surface area contributed by atoms with Gasteiger partial charge in [-0.15, -0.1) is 0 Å². The number of imide groups is 1.